The first-order chi connectivity index (χ1) is 12.2. The van der Waals surface area contributed by atoms with Gasteiger partial charge in [0.05, 0.1) is 12.8 Å². The Labute approximate surface area is 143 Å². The zero-order valence-electron chi connectivity index (χ0n) is 13.0. The lowest BCUT2D eigenvalue weighted by atomic mass is 10.2. The van der Waals surface area contributed by atoms with Gasteiger partial charge in [-0.3, -0.25) is 4.79 Å². The van der Waals surface area contributed by atoms with Gasteiger partial charge in [-0.1, -0.05) is 0 Å². The highest BCUT2D eigenvalue weighted by Crippen LogP contribution is 2.23. The number of rotatable bonds is 5. The molecule has 0 saturated carbocycles. The van der Waals surface area contributed by atoms with Crippen LogP contribution < -0.4 is 5.32 Å². The van der Waals surface area contributed by atoms with E-state index in [2.05, 4.69) is 5.32 Å². The molecule has 0 aliphatic heterocycles. The van der Waals surface area contributed by atoms with Gasteiger partial charge in [0.2, 0.25) is 0 Å². The van der Waals surface area contributed by atoms with Gasteiger partial charge in [0.25, 0.3) is 5.91 Å². The van der Waals surface area contributed by atoms with E-state index in [0.29, 0.717) is 22.8 Å². The van der Waals surface area contributed by atoms with Crippen molar-refractivity contribution >= 4 is 12.0 Å². The van der Waals surface area contributed by atoms with Crippen LogP contribution in [0.15, 0.2) is 69.2 Å². The molecule has 3 rings (SSSR count). The molecule has 0 unspecified atom stereocenters. The third-order valence-corrected chi connectivity index (χ3v) is 3.41. The molecule has 3 aromatic rings. The van der Waals surface area contributed by atoms with Gasteiger partial charge in [0.1, 0.15) is 34.7 Å². The Morgan fingerprint density at radius 1 is 1.20 bits per heavy atom. The van der Waals surface area contributed by atoms with E-state index in [4.69, 9.17) is 8.83 Å². The van der Waals surface area contributed by atoms with Gasteiger partial charge in [-0.25, -0.2) is 4.39 Å². The summed E-state index contributed by atoms with van der Waals surface area (Å²) in [6.07, 6.45) is 2.85. The predicted octanol–water partition coefficient (Wildman–Crippen LogP) is 3.90. The van der Waals surface area contributed by atoms with Crippen LogP contribution in [0.3, 0.4) is 0 Å². The van der Waals surface area contributed by atoms with Crippen molar-refractivity contribution in [3.8, 4) is 17.4 Å². The molecule has 0 radical (unpaired) electrons. The third-order valence-electron chi connectivity index (χ3n) is 3.41. The van der Waals surface area contributed by atoms with Crippen molar-refractivity contribution in [2.75, 3.05) is 0 Å². The number of halogens is 1. The molecule has 0 aliphatic rings. The third kappa shape index (κ3) is 4.03. The molecule has 6 heteroatoms. The highest BCUT2D eigenvalue weighted by molar-refractivity contribution is 6.01. The largest absolute Gasteiger partial charge is 0.467 e. The van der Waals surface area contributed by atoms with Crippen molar-refractivity contribution in [2.45, 2.75) is 6.54 Å². The van der Waals surface area contributed by atoms with Gasteiger partial charge in [0, 0.05) is 11.6 Å². The average molecular weight is 336 g/mol. The van der Waals surface area contributed by atoms with Crippen LogP contribution in [0.1, 0.15) is 11.5 Å². The first-order valence-electron chi connectivity index (χ1n) is 7.44. The van der Waals surface area contributed by atoms with Gasteiger partial charge in [0.15, 0.2) is 0 Å². The molecule has 1 N–H and O–H groups in total. The summed E-state index contributed by atoms with van der Waals surface area (Å²) >= 11 is 0. The zero-order valence-corrected chi connectivity index (χ0v) is 13.0. The van der Waals surface area contributed by atoms with Gasteiger partial charge in [-0.2, -0.15) is 5.26 Å². The van der Waals surface area contributed by atoms with Crippen LogP contribution in [-0.4, -0.2) is 5.91 Å². The van der Waals surface area contributed by atoms with E-state index < -0.39 is 5.91 Å². The molecule has 0 saturated heterocycles. The maximum Gasteiger partial charge on any atom is 0.262 e. The Balaban J connectivity index is 1.72. The molecule has 1 amide bonds. The monoisotopic (exact) mass is 336 g/mol. The van der Waals surface area contributed by atoms with Crippen molar-refractivity contribution in [2.24, 2.45) is 0 Å². The molecule has 0 aliphatic carbocycles. The van der Waals surface area contributed by atoms with Gasteiger partial charge in [-0.05, 0) is 48.5 Å². The maximum atomic E-state index is 13.0. The van der Waals surface area contributed by atoms with Gasteiger partial charge in [-0.15, -0.1) is 0 Å². The molecule has 0 spiro atoms. The Kier molecular flexibility index (Phi) is 4.77. The first kappa shape index (κ1) is 16.3. The summed E-state index contributed by atoms with van der Waals surface area (Å²) < 4.78 is 23.7. The number of carbonyl (C=O) groups excluding carboxylic acids is 1. The Hall–Kier alpha value is -3.59. The van der Waals surface area contributed by atoms with Crippen molar-refractivity contribution in [3.63, 3.8) is 0 Å². The van der Waals surface area contributed by atoms with Crippen molar-refractivity contribution < 1.29 is 18.0 Å². The number of amides is 1. The number of benzene rings is 1. The number of hydrogen-bond acceptors (Lipinski definition) is 4. The average Bonchev–Trinajstić information content (AvgIpc) is 3.30. The Morgan fingerprint density at radius 3 is 2.68 bits per heavy atom. The summed E-state index contributed by atoms with van der Waals surface area (Å²) in [4.78, 5) is 12.1. The quantitative estimate of drug-likeness (QED) is 0.566. The van der Waals surface area contributed by atoms with E-state index in [1.165, 1.54) is 24.5 Å². The number of nitriles is 1. The van der Waals surface area contributed by atoms with Crippen LogP contribution in [0.5, 0.6) is 0 Å². The van der Waals surface area contributed by atoms with Crippen molar-refractivity contribution in [3.05, 3.63) is 77.7 Å². The minimum Gasteiger partial charge on any atom is -0.467 e. The SMILES string of the molecule is N#C/C(=C\c1ccc(-c2ccc(F)cc2)o1)C(=O)NCc1ccco1. The van der Waals surface area contributed by atoms with E-state index >= 15 is 0 Å². The number of furan rings is 2. The molecule has 0 fully saturated rings. The summed E-state index contributed by atoms with van der Waals surface area (Å²) in [6, 6.07) is 14.4. The fourth-order valence-electron chi connectivity index (χ4n) is 2.17. The van der Waals surface area contributed by atoms with Crippen LogP contribution in [0.2, 0.25) is 0 Å². The summed E-state index contributed by atoms with van der Waals surface area (Å²) in [6.45, 7) is 0.184. The molecule has 0 atom stereocenters. The summed E-state index contributed by atoms with van der Waals surface area (Å²) in [5.41, 5.74) is 0.605. The smallest absolute Gasteiger partial charge is 0.262 e. The van der Waals surface area contributed by atoms with Crippen molar-refractivity contribution in [1.29, 1.82) is 5.26 Å². The summed E-state index contributed by atoms with van der Waals surface area (Å²) in [5.74, 6) is 0.583. The molecule has 2 aromatic heterocycles. The lowest BCUT2D eigenvalue weighted by Gasteiger charge is -2.01. The lowest BCUT2D eigenvalue weighted by molar-refractivity contribution is -0.117. The minimum absolute atomic E-state index is 0.0911. The van der Waals surface area contributed by atoms with Gasteiger partial charge >= 0.3 is 0 Å². The Bertz CT molecular complexity index is 932. The van der Waals surface area contributed by atoms with Crippen LogP contribution in [0.4, 0.5) is 4.39 Å². The second-order valence-corrected chi connectivity index (χ2v) is 5.14. The normalized spacial score (nSPS) is 11.1. The van der Waals surface area contributed by atoms with Crippen LogP contribution in [-0.2, 0) is 11.3 Å². The lowest BCUT2D eigenvalue weighted by Crippen LogP contribution is -2.23. The number of hydrogen-bond donors (Lipinski definition) is 1. The van der Waals surface area contributed by atoms with Crippen LogP contribution in [0, 0.1) is 17.1 Å². The molecule has 124 valence electrons. The van der Waals surface area contributed by atoms with E-state index in [1.54, 1.807) is 36.4 Å². The highest BCUT2D eigenvalue weighted by Gasteiger charge is 2.11. The molecule has 0 bridgehead atoms. The van der Waals surface area contributed by atoms with E-state index in [9.17, 15) is 14.4 Å². The maximum absolute atomic E-state index is 13.0. The molecular formula is C19H13FN2O3. The molecule has 1 aromatic carbocycles. The van der Waals surface area contributed by atoms with Crippen LogP contribution >= 0.6 is 0 Å². The van der Waals surface area contributed by atoms with Crippen molar-refractivity contribution in [1.82, 2.24) is 5.32 Å². The molecular weight excluding hydrogens is 323 g/mol. The number of carbonyl (C=O) groups is 1. The summed E-state index contributed by atoms with van der Waals surface area (Å²) in [7, 11) is 0. The fraction of sp³-hybridized carbons (Fsp3) is 0.0526. The topological polar surface area (TPSA) is 79.2 Å². The Morgan fingerprint density at radius 2 is 2.00 bits per heavy atom. The highest BCUT2D eigenvalue weighted by atomic mass is 19.1. The molecule has 25 heavy (non-hydrogen) atoms. The second-order valence-electron chi connectivity index (χ2n) is 5.14. The van der Waals surface area contributed by atoms with Gasteiger partial charge < -0.3 is 14.2 Å². The zero-order chi connectivity index (χ0) is 17.6. The molecule has 5 nitrogen and oxygen atoms in total. The second kappa shape index (κ2) is 7.32. The molecule has 2 heterocycles. The first-order valence-corrected chi connectivity index (χ1v) is 7.44. The van der Waals surface area contributed by atoms with E-state index in [-0.39, 0.29) is 17.9 Å². The number of nitrogens with zero attached hydrogens (tertiary/aromatic N) is 1. The number of nitrogens with one attached hydrogen (secondary N) is 1. The minimum atomic E-state index is -0.529. The standard InChI is InChI=1S/C19H13FN2O3/c20-15-5-3-13(4-6-15)18-8-7-16(25-18)10-14(11-21)19(23)22-12-17-2-1-9-24-17/h1-10H,12H2,(H,22,23)/b14-10+. The van der Waals surface area contributed by atoms with E-state index in [1.807, 2.05) is 6.07 Å². The summed E-state index contributed by atoms with van der Waals surface area (Å²) in [5, 5.41) is 11.8. The predicted molar refractivity (Wildman–Crippen MR) is 88.2 cm³/mol. The van der Waals surface area contributed by atoms with E-state index in [0.717, 1.165) is 0 Å². The fourth-order valence-corrected chi connectivity index (χ4v) is 2.17. The van der Waals surface area contributed by atoms with Crippen LogP contribution in [0.25, 0.3) is 17.4 Å².